The van der Waals surface area contributed by atoms with E-state index in [-0.39, 0.29) is 22.8 Å². The van der Waals surface area contributed by atoms with Crippen LogP contribution in [0.3, 0.4) is 0 Å². The van der Waals surface area contributed by atoms with Gasteiger partial charge in [-0.15, -0.1) is 0 Å². The summed E-state index contributed by atoms with van der Waals surface area (Å²) < 4.78 is 43.6. The first kappa shape index (κ1) is 14.7. The second kappa shape index (κ2) is 5.53. The van der Waals surface area contributed by atoms with Crippen LogP contribution in [-0.4, -0.2) is 15.1 Å². The quantitative estimate of drug-likeness (QED) is 0.720. The van der Waals surface area contributed by atoms with Gasteiger partial charge in [-0.2, -0.15) is 23.4 Å². The third kappa shape index (κ3) is 3.03. The summed E-state index contributed by atoms with van der Waals surface area (Å²) in [5.74, 6) is 0.0322. The predicted octanol–water partition coefficient (Wildman–Crippen LogP) is 3.69. The van der Waals surface area contributed by atoms with Gasteiger partial charge in [0.15, 0.2) is 0 Å². The number of hydrogen-bond acceptors (Lipinski definition) is 5. The van der Waals surface area contributed by atoms with Crippen LogP contribution in [0.2, 0.25) is 0 Å². The van der Waals surface area contributed by atoms with Crippen molar-refractivity contribution < 1.29 is 17.7 Å². The molecule has 0 saturated carbocycles. The van der Waals surface area contributed by atoms with Crippen molar-refractivity contribution in [1.82, 2.24) is 15.1 Å². The minimum absolute atomic E-state index is 0.0195. The highest BCUT2D eigenvalue weighted by Crippen LogP contribution is 2.33. The minimum Gasteiger partial charge on any atom is -0.334 e. The topological polar surface area (TPSA) is 75.6 Å². The normalized spacial score (nSPS) is 11.2. The highest BCUT2D eigenvalue weighted by molar-refractivity contribution is 5.61. The summed E-state index contributed by atoms with van der Waals surface area (Å²) in [6, 6.07) is 9.63. The number of aromatic nitrogens is 3. The van der Waals surface area contributed by atoms with Crippen molar-refractivity contribution >= 4 is 0 Å². The molecule has 114 valence electrons. The summed E-state index contributed by atoms with van der Waals surface area (Å²) in [7, 11) is 0. The summed E-state index contributed by atoms with van der Waals surface area (Å²) in [4.78, 5) is 8.06. The van der Waals surface area contributed by atoms with Crippen LogP contribution in [0.25, 0.3) is 23.0 Å². The van der Waals surface area contributed by atoms with Crippen molar-refractivity contribution in [3.63, 3.8) is 0 Å². The highest BCUT2D eigenvalue weighted by Gasteiger charge is 2.31. The van der Waals surface area contributed by atoms with Crippen LogP contribution in [0.15, 0.2) is 47.1 Å². The fourth-order valence-corrected chi connectivity index (χ4v) is 1.92. The van der Waals surface area contributed by atoms with Crippen LogP contribution in [0, 0.1) is 11.3 Å². The van der Waals surface area contributed by atoms with E-state index in [0.29, 0.717) is 5.69 Å². The fraction of sp³-hybridized carbons (Fsp3) is 0.0667. The number of nitriles is 1. The first-order valence-corrected chi connectivity index (χ1v) is 6.35. The molecule has 5 nitrogen and oxygen atoms in total. The van der Waals surface area contributed by atoms with Gasteiger partial charge in [0.25, 0.3) is 5.89 Å². The van der Waals surface area contributed by atoms with E-state index in [0.717, 1.165) is 12.1 Å². The maximum atomic E-state index is 12.9. The molecule has 3 aromatic rings. The van der Waals surface area contributed by atoms with Crippen molar-refractivity contribution in [1.29, 1.82) is 5.26 Å². The molecule has 2 aromatic heterocycles. The first-order valence-electron chi connectivity index (χ1n) is 6.35. The average molecular weight is 316 g/mol. The van der Waals surface area contributed by atoms with Gasteiger partial charge < -0.3 is 4.52 Å². The SMILES string of the molecule is N#Cc1cc(-c2nc(-c3ccccn3)no2)cc(C(F)(F)F)c1. The molecule has 23 heavy (non-hydrogen) atoms. The van der Waals surface area contributed by atoms with Crippen molar-refractivity contribution in [2.24, 2.45) is 0 Å². The maximum Gasteiger partial charge on any atom is 0.416 e. The second-order valence-corrected chi connectivity index (χ2v) is 4.55. The molecular weight excluding hydrogens is 309 g/mol. The monoisotopic (exact) mass is 316 g/mol. The molecule has 0 amide bonds. The molecule has 0 aliphatic heterocycles. The fourth-order valence-electron chi connectivity index (χ4n) is 1.92. The molecule has 0 spiro atoms. The van der Waals surface area contributed by atoms with Gasteiger partial charge in [0, 0.05) is 11.8 Å². The summed E-state index contributed by atoms with van der Waals surface area (Å²) in [5, 5.41) is 12.6. The maximum absolute atomic E-state index is 12.9. The van der Waals surface area contributed by atoms with Gasteiger partial charge in [0.05, 0.1) is 17.2 Å². The molecule has 1 aromatic carbocycles. The number of halogens is 3. The first-order chi connectivity index (χ1) is 11.0. The van der Waals surface area contributed by atoms with Gasteiger partial charge in [-0.05, 0) is 30.3 Å². The van der Waals surface area contributed by atoms with E-state index < -0.39 is 11.7 Å². The molecule has 0 bridgehead atoms. The lowest BCUT2D eigenvalue weighted by Crippen LogP contribution is -2.05. The largest absolute Gasteiger partial charge is 0.416 e. The van der Waals surface area contributed by atoms with E-state index in [1.54, 1.807) is 24.3 Å². The zero-order valence-corrected chi connectivity index (χ0v) is 11.4. The molecule has 0 aliphatic rings. The number of alkyl halides is 3. The Labute approximate surface area is 128 Å². The van der Waals surface area contributed by atoms with Crippen LogP contribution < -0.4 is 0 Å². The number of pyridine rings is 1. The summed E-state index contributed by atoms with van der Waals surface area (Å²) in [5.41, 5.74) is -0.655. The lowest BCUT2D eigenvalue weighted by Gasteiger charge is -2.07. The lowest BCUT2D eigenvalue weighted by molar-refractivity contribution is -0.137. The van der Waals surface area contributed by atoms with Gasteiger partial charge in [-0.25, -0.2) is 0 Å². The van der Waals surface area contributed by atoms with Crippen LogP contribution in [-0.2, 0) is 6.18 Å². The smallest absolute Gasteiger partial charge is 0.334 e. The number of hydrogen-bond donors (Lipinski definition) is 0. The van der Waals surface area contributed by atoms with Crippen LogP contribution in [0.5, 0.6) is 0 Å². The molecule has 0 N–H and O–H groups in total. The van der Waals surface area contributed by atoms with Crippen molar-refractivity contribution in [2.45, 2.75) is 6.18 Å². The Morgan fingerprint density at radius 2 is 1.96 bits per heavy atom. The van der Waals surface area contributed by atoms with Gasteiger partial charge in [-0.1, -0.05) is 11.2 Å². The molecule has 2 heterocycles. The van der Waals surface area contributed by atoms with Gasteiger partial charge in [0.2, 0.25) is 5.82 Å². The summed E-state index contributed by atoms with van der Waals surface area (Å²) in [6.45, 7) is 0. The van der Waals surface area contributed by atoms with E-state index in [2.05, 4.69) is 15.1 Å². The Morgan fingerprint density at radius 1 is 1.13 bits per heavy atom. The van der Waals surface area contributed by atoms with Crippen molar-refractivity contribution in [3.05, 3.63) is 53.7 Å². The minimum atomic E-state index is -4.58. The second-order valence-electron chi connectivity index (χ2n) is 4.55. The molecular formula is C15H7F3N4O. The highest BCUT2D eigenvalue weighted by atomic mass is 19.4. The molecule has 3 rings (SSSR count). The molecule has 0 radical (unpaired) electrons. The van der Waals surface area contributed by atoms with E-state index in [9.17, 15) is 13.2 Å². The number of nitrogens with zero attached hydrogens (tertiary/aromatic N) is 4. The Bertz CT molecular complexity index is 882. The third-order valence-corrected chi connectivity index (χ3v) is 2.96. The van der Waals surface area contributed by atoms with Crippen LogP contribution in [0.1, 0.15) is 11.1 Å². The van der Waals surface area contributed by atoms with E-state index in [1.165, 1.54) is 12.3 Å². The van der Waals surface area contributed by atoms with E-state index in [1.807, 2.05) is 0 Å². The molecule has 0 atom stereocenters. The van der Waals surface area contributed by atoms with Crippen molar-refractivity contribution in [2.75, 3.05) is 0 Å². The molecule has 8 heteroatoms. The van der Waals surface area contributed by atoms with E-state index >= 15 is 0 Å². The number of rotatable bonds is 2. The van der Waals surface area contributed by atoms with Gasteiger partial charge >= 0.3 is 6.18 Å². The zero-order chi connectivity index (χ0) is 16.4. The Balaban J connectivity index is 2.06. The van der Waals surface area contributed by atoms with Crippen molar-refractivity contribution in [3.8, 4) is 29.0 Å². The Morgan fingerprint density at radius 3 is 2.61 bits per heavy atom. The average Bonchev–Trinajstić information content (AvgIpc) is 3.04. The number of benzene rings is 1. The van der Waals surface area contributed by atoms with E-state index in [4.69, 9.17) is 9.78 Å². The van der Waals surface area contributed by atoms with Crippen LogP contribution in [0.4, 0.5) is 13.2 Å². The third-order valence-electron chi connectivity index (χ3n) is 2.96. The van der Waals surface area contributed by atoms with Gasteiger partial charge in [-0.3, -0.25) is 4.98 Å². The standard InChI is InChI=1S/C15H7F3N4O/c16-15(17,18)11-6-9(8-19)5-10(7-11)14-21-13(22-23-14)12-3-1-2-4-20-12/h1-7H. The summed E-state index contributed by atoms with van der Waals surface area (Å²) in [6.07, 6.45) is -3.05. The predicted molar refractivity (Wildman–Crippen MR) is 72.7 cm³/mol. The Kier molecular flexibility index (Phi) is 3.54. The molecule has 0 fully saturated rings. The van der Waals surface area contributed by atoms with Gasteiger partial charge in [0.1, 0.15) is 5.69 Å². The lowest BCUT2D eigenvalue weighted by atomic mass is 10.1. The molecule has 0 aliphatic carbocycles. The summed E-state index contributed by atoms with van der Waals surface area (Å²) >= 11 is 0. The zero-order valence-electron chi connectivity index (χ0n) is 11.4. The van der Waals surface area contributed by atoms with Crippen LogP contribution >= 0.6 is 0 Å². The molecule has 0 saturated heterocycles. The molecule has 0 unspecified atom stereocenters. The Hall–Kier alpha value is -3.21.